The van der Waals surface area contributed by atoms with Crippen LogP contribution in [0.2, 0.25) is 0 Å². The Morgan fingerprint density at radius 1 is 0.944 bits per heavy atom. The van der Waals surface area contributed by atoms with Crippen LogP contribution in [0.4, 0.5) is 5.69 Å². The van der Waals surface area contributed by atoms with Gasteiger partial charge in [0.15, 0.2) is 0 Å². The summed E-state index contributed by atoms with van der Waals surface area (Å²) in [6.45, 7) is 8.72. The zero-order valence-electron chi connectivity index (χ0n) is 21.3. The second-order valence-corrected chi connectivity index (χ2v) is 9.63. The summed E-state index contributed by atoms with van der Waals surface area (Å²) in [6.07, 6.45) is 0.857. The summed E-state index contributed by atoms with van der Waals surface area (Å²) >= 11 is 0. The molecule has 0 unspecified atom stereocenters. The van der Waals surface area contributed by atoms with Gasteiger partial charge in [-0.05, 0) is 67.1 Å². The highest BCUT2D eigenvalue weighted by atomic mass is 16.2. The monoisotopic (exact) mass is 483 g/mol. The third-order valence-corrected chi connectivity index (χ3v) is 6.10. The fourth-order valence-corrected chi connectivity index (χ4v) is 4.40. The molecule has 0 saturated heterocycles. The van der Waals surface area contributed by atoms with Crippen LogP contribution >= 0.6 is 0 Å². The number of amides is 2. The predicted octanol–water partition coefficient (Wildman–Crippen LogP) is 4.98. The Bertz CT molecular complexity index is 1330. The van der Waals surface area contributed by atoms with E-state index in [-0.39, 0.29) is 18.4 Å². The summed E-state index contributed by atoms with van der Waals surface area (Å²) in [6, 6.07) is 22.1. The molecule has 7 nitrogen and oxygen atoms in total. The first kappa shape index (κ1) is 25.1. The summed E-state index contributed by atoms with van der Waals surface area (Å²) in [5.74, 6) is -0.000414. The number of fused-ring (bicyclic) bond motifs is 1. The lowest BCUT2D eigenvalue weighted by atomic mass is 10.0. The van der Waals surface area contributed by atoms with E-state index in [2.05, 4.69) is 35.5 Å². The number of anilines is 1. The quantitative estimate of drug-likeness (QED) is 0.364. The van der Waals surface area contributed by atoms with Crippen LogP contribution in [0, 0.1) is 19.8 Å². The minimum Gasteiger partial charge on any atom is -0.354 e. The maximum Gasteiger partial charge on any atom is 0.249 e. The highest BCUT2D eigenvalue weighted by Crippen LogP contribution is 2.30. The average molecular weight is 484 g/mol. The van der Waals surface area contributed by atoms with Crippen LogP contribution in [-0.4, -0.2) is 33.4 Å². The fourth-order valence-electron chi connectivity index (χ4n) is 4.40. The smallest absolute Gasteiger partial charge is 0.249 e. The molecule has 1 aromatic heterocycles. The van der Waals surface area contributed by atoms with Gasteiger partial charge in [-0.3, -0.25) is 14.5 Å². The number of carbonyl (C=O) groups is 2. The first-order chi connectivity index (χ1) is 17.3. The maximum absolute atomic E-state index is 14.0. The molecular formula is C29H33N5O2. The molecule has 3 aromatic carbocycles. The van der Waals surface area contributed by atoms with Crippen molar-refractivity contribution >= 4 is 28.5 Å². The van der Waals surface area contributed by atoms with E-state index in [1.807, 2.05) is 80.6 Å². The topological polar surface area (TPSA) is 80.1 Å². The first-order valence-corrected chi connectivity index (χ1v) is 12.3. The Kier molecular flexibility index (Phi) is 7.78. The van der Waals surface area contributed by atoms with E-state index in [0.29, 0.717) is 23.7 Å². The van der Waals surface area contributed by atoms with E-state index in [1.54, 1.807) is 9.58 Å². The zero-order valence-corrected chi connectivity index (χ0v) is 21.3. The van der Waals surface area contributed by atoms with Crippen molar-refractivity contribution in [3.05, 3.63) is 89.5 Å². The highest BCUT2D eigenvalue weighted by Gasteiger charge is 2.33. The SMILES string of the molecule is Cc1cc(C)cc(N(C(=O)Cn2nnc3ccccc32)[C@H](C(=O)NCCC(C)C)c2ccccc2)c1. The number of para-hydroxylation sites is 1. The van der Waals surface area contributed by atoms with Crippen LogP contribution in [-0.2, 0) is 16.1 Å². The lowest BCUT2D eigenvalue weighted by molar-refractivity contribution is -0.127. The Morgan fingerprint density at radius 2 is 1.61 bits per heavy atom. The van der Waals surface area contributed by atoms with E-state index >= 15 is 0 Å². The van der Waals surface area contributed by atoms with Crippen molar-refractivity contribution in [2.45, 2.75) is 46.7 Å². The van der Waals surface area contributed by atoms with Crippen LogP contribution in [0.1, 0.15) is 43.0 Å². The normalized spacial score (nSPS) is 12.0. The van der Waals surface area contributed by atoms with Crippen LogP contribution in [0.5, 0.6) is 0 Å². The number of carbonyl (C=O) groups excluding carboxylic acids is 2. The summed E-state index contributed by atoms with van der Waals surface area (Å²) in [7, 11) is 0. The molecule has 1 atom stereocenters. The third-order valence-electron chi connectivity index (χ3n) is 6.10. The molecule has 0 radical (unpaired) electrons. The minimum absolute atomic E-state index is 0.0455. The molecule has 36 heavy (non-hydrogen) atoms. The van der Waals surface area contributed by atoms with Crippen molar-refractivity contribution in [2.24, 2.45) is 5.92 Å². The van der Waals surface area contributed by atoms with Crippen molar-refractivity contribution in [1.82, 2.24) is 20.3 Å². The van der Waals surface area contributed by atoms with Gasteiger partial charge < -0.3 is 5.32 Å². The molecule has 0 aliphatic rings. The van der Waals surface area contributed by atoms with Gasteiger partial charge in [-0.15, -0.1) is 5.10 Å². The highest BCUT2D eigenvalue weighted by molar-refractivity contribution is 6.01. The largest absolute Gasteiger partial charge is 0.354 e. The van der Waals surface area contributed by atoms with Crippen LogP contribution in [0.15, 0.2) is 72.8 Å². The number of hydrogen-bond donors (Lipinski definition) is 1. The molecule has 1 N–H and O–H groups in total. The summed E-state index contributed by atoms with van der Waals surface area (Å²) < 4.78 is 1.59. The first-order valence-electron chi connectivity index (χ1n) is 12.3. The van der Waals surface area contributed by atoms with Gasteiger partial charge >= 0.3 is 0 Å². The molecule has 7 heteroatoms. The van der Waals surface area contributed by atoms with E-state index < -0.39 is 6.04 Å². The molecule has 0 aliphatic carbocycles. The molecule has 1 heterocycles. The average Bonchev–Trinajstić information content (AvgIpc) is 3.24. The van der Waals surface area contributed by atoms with Crippen LogP contribution in [0.3, 0.4) is 0 Å². The molecule has 0 fully saturated rings. The van der Waals surface area contributed by atoms with Gasteiger partial charge in [0.05, 0.1) is 5.52 Å². The standard InChI is InChI=1S/C29H33N5O2/c1-20(2)14-15-30-29(36)28(23-10-6-5-7-11-23)34(24-17-21(3)16-22(4)18-24)27(35)19-33-26-13-9-8-12-25(26)31-32-33/h5-13,16-18,20,28H,14-15,19H2,1-4H3,(H,30,36)/t28-/m0/s1. The molecule has 0 spiro atoms. The Balaban J connectivity index is 1.77. The van der Waals surface area contributed by atoms with E-state index in [9.17, 15) is 9.59 Å². The number of nitrogens with zero attached hydrogens (tertiary/aromatic N) is 4. The van der Waals surface area contributed by atoms with E-state index in [4.69, 9.17) is 0 Å². The number of rotatable bonds is 9. The van der Waals surface area contributed by atoms with Gasteiger partial charge in [-0.25, -0.2) is 4.68 Å². The summed E-state index contributed by atoms with van der Waals surface area (Å²) in [5.41, 5.74) is 4.94. The Labute approximate surface area is 212 Å². The number of hydrogen-bond acceptors (Lipinski definition) is 4. The van der Waals surface area contributed by atoms with Crippen molar-refractivity contribution in [3.8, 4) is 0 Å². The second kappa shape index (κ2) is 11.2. The van der Waals surface area contributed by atoms with Gasteiger partial charge in [-0.1, -0.05) is 67.6 Å². The summed E-state index contributed by atoms with van der Waals surface area (Å²) in [4.78, 5) is 29.3. The molecule has 186 valence electrons. The lowest BCUT2D eigenvalue weighted by Crippen LogP contribution is -2.45. The molecule has 0 bridgehead atoms. The number of aromatic nitrogens is 3. The van der Waals surface area contributed by atoms with Gasteiger partial charge in [0.1, 0.15) is 18.1 Å². The molecule has 4 aromatic rings. The molecular weight excluding hydrogens is 450 g/mol. The minimum atomic E-state index is -0.832. The van der Waals surface area contributed by atoms with Gasteiger partial charge in [0, 0.05) is 12.2 Å². The Morgan fingerprint density at radius 3 is 2.31 bits per heavy atom. The number of benzene rings is 3. The predicted molar refractivity (Wildman–Crippen MR) is 143 cm³/mol. The molecule has 4 rings (SSSR count). The van der Waals surface area contributed by atoms with Crippen LogP contribution < -0.4 is 10.2 Å². The van der Waals surface area contributed by atoms with Gasteiger partial charge in [0.25, 0.3) is 0 Å². The van der Waals surface area contributed by atoms with Gasteiger partial charge in [-0.2, -0.15) is 0 Å². The van der Waals surface area contributed by atoms with E-state index in [0.717, 1.165) is 28.6 Å². The van der Waals surface area contributed by atoms with Crippen molar-refractivity contribution in [1.29, 1.82) is 0 Å². The molecule has 0 saturated carbocycles. The van der Waals surface area contributed by atoms with E-state index in [1.165, 1.54) is 0 Å². The van der Waals surface area contributed by atoms with Crippen molar-refractivity contribution in [3.63, 3.8) is 0 Å². The summed E-state index contributed by atoms with van der Waals surface area (Å²) in [5, 5.41) is 11.5. The number of aryl methyl sites for hydroxylation is 2. The third kappa shape index (κ3) is 5.79. The Hall–Kier alpha value is -4.00. The molecule has 0 aliphatic heterocycles. The second-order valence-electron chi connectivity index (χ2n) is 9.63. The van der Waals surface area contributed by atoms with Gasteiger partial charge in [0.2, 0.25) is 11.8 Å². The maximum atomic E-state index is 14.0. The van der Waals surface area contributed by atoms with Crippen LogP contribution in [0.25, 0.3) is 11.0 Å². The van der Waals surface area contributed by atoms with Crippen molar-refractivity contribution in [2.75, 3.05) is 11.4 Å². The molecule has 2 amide bonds. The lowest BCUT2D eigenvalue weighted by Gasteiger charge is -2.32. The fraction of sp³-hybridized carbons (Fsp3) is 0.310. The number of nitrogens with one attached hydrogen (secondary N) is 1. The zero-order chi connectivity index (χ0) is 25.7. The van der Waals surface area contributed by atoms with Crippen molar-refractivity contribution < 1.29 is 9.59 Å².